The molecule has 94 valence electrons. The molecule has 0 saturated carbocycles. The molecule has 0 saturated heterocycles. The van der Waals surface area contributed by atoms with Gasteiger partial charge < -0.3 is 5.32 Å². The maximum Gasteiger partial charge on any atom is 0.0380 e. The van der Waals surface area contributed by atoms with E-state index in [2.05, 4.69) is 64.2 Å². The molecule has 0 bridgehead atoms. The Kier molecular flexibility index (Phi) is 2.97. The Bertz CT molecular complexity index is 402. The van der Waals surface area contributed by atoms with E-state index in [-0.39, 0.29) is 0 Å². The zero-order valence-electron chi connectivity index (χ0n) is 11.8. The molecule has 1 heterocycles. The lowest BCUT2D eigenvalue weighted by Gasteiger charge is -2.43. The molecule has 2 rings (SSSR count). The molecule has 0 amide bonds. The van der Waals surface area contributed by atoms with Crippen LogP contribution in [0.15, 0.2) is 24.3 Å². The molecule has 1 aromatic rings. The zero-order chi connectivity index (χ0) is 12.7. The van der Waals surface area contributed by atoms with Gasteiger partial charge in [-0.1, -0.05) is 45.9 Å². The standard InChI is InChI=1S/C16H25N/c1-12-10-16(5,11-15(2,3)4)13-8-6-7-9-14(13)17-12/h6-9,12,17H,10-11H2,1-5H3/t12-,16+/m0/s1. The first-order valence-electron chi connectivity index (χ1n) is 6.66. The summed E-state index contributed by atoms with van der Waals surface area (Å²) in [5.74, 6) is 0. The lowest BCUT2D eigenvalue weighted by Crippen LogP contribution is -2.39. The van der Waals surface area contributed by atoms with Gasteiger partial charge in [0.15, 0.2) is 0 Å². The molecule has 1 N–H and O–H groups in total. The Labute approximate surface area is 106 Å². The van der Waals surface area contributed by atoms with E-state index in [9.17, 15) is 0 Å². The van der Waals surface area contributed by atoms with Gasteiger partial charge in [0.2, 0.25) is 0 Å². The predicted molar refractivity (Wildman–Crippen MR) is 75.6 cm³/mol. The van der Waals surface area contributed by atoms with Crippen LogP contribution < -0.4 is 5.32 Å². The van der Waals surface area contributed by atoms with Crippen LogP contribution in [0.3, 0.4) is 0 Å². The predicted octanol–water partition coefficient (Wildman–Crippen LogP) is 4.58. The highest BCUT2D eigenvalue weighted by molar-refractivity contribution is 5.57. The van der Waals surface area contributed by atoms with E-state index in [1.807, 2.05) is 0 Å². The number of para-hydroxylation sites is 1. The zero-order valence-corrected chi connectivity index (χ0v) is 11.8. The summed E-state index contributed by atoms with van der Waals surface area (Å²) in [6, 6.07) is 9.36. The number of anilines is 1. The summed E-state index contributed by atoms with van der Waals surface area (Å²) in [6.45, 7) is 11.7. The molecule has 0 aromatic heterocycles. The Morgan fingerprint density at radius 2 is 1.94 bits per heavy atom. The summed E-state index contributed by atoms with van der Waals surface area (Å²) < 4.78 is 0. The molecule has 1 nitrogen and oxygen atoms in total. The molecular weight excluding hydrogens is 206 g/mol. The smallest absolute Gasteiger partial charge is 0.0380 e. The van der Waals surface area contributed by atoms with Crippen LogP contribution in [0.5, 0.6) is 0 Å². The number of hydrogen-bond donors (Lipinski definition) is 1. The number of fused-ring (bicyclic) bond motifs is 1. The van der Waals surface area contributed by atoms with E-state index in [0.29, 0.717) is 16.9 Å². The van der Waals surface area contributed by atoms with E-state index in [1.165, 1.54) is 24.1 Å². The van der Waals surface area contributed by atoms with E-state index in [1.54, 1.807) is 0 Å². The molecule has 1 aliphatic rings. The number of nitrogens with one attached hydrogen (secondary N) is 1. The molecule has 17 heavy (non-hydrogen) atoms. The minimum absolute atomic E-state index is 0.305. The third kappa shape index (κ3) is 2.65. The quantitative estimate of drug-likeness (QED) is 0.745. The Hall–Kier alpha value is -0.980. The van der Waals surface area contributed by atoms with Crippen LogP contribution in [0.1, 0.15) is 53.0 Å². The highest BCUT2D eigenvalue weighted by Gasteiger charge is 2.37. The minimum Gasteiger partial charge on any atom is -0.382 e. The van der Waals surface area contributed by atoms with Gasteiger partial charge in [0.1, 0.15) is 0 Å². The van der Waals surface area contributed by atoms with Crippen molar-refractivity contribution in [1.29, 1.82) is 0 Å². The van der Waals surface area contributed by atoms with Gasteiger partial charge in [-0.05, 0) is 42.2 Å². The van der Waals surface area contributed by atoms with E-state index < -0.39 is 0 Å². The van der Waals surface area contributed by atoms with Gasteiger partial charge in [-0.2, -0.15) is 0 Å². The number of hydrogen-bond acceptors (Lipinski definition) is 1. The summed E-state index contributed by atoms with van der Waals surface area (Å²) in [7, 11) is 0. The first kappa shape index (κ1) is 12.5. The largest absolute Gasteiger partial charge is 0.382 e. The molecule has 0 radical (unpaired) electrons. The molecule has 1 aliphatic heterocycles. The monoisotopic (exact) mass is 231 g/mol. The molecule has 1 aromatic carbocycles. The second-order valence-electron chi connectivity index (χ2n) is 7.09. The van der Waals surface area contributed by atoms with Crippen LogP contribution in [0, 0.1) is 5.41 Å². The van der Waals surface area contributed by atoms with Gasteiger partial charge in [-0.15, -0.1) is 0 Å². The van der Waals surface area contributed by atoms with E-state index >= 15 is 0 Å². The molecule has 1 heteroatoms. The van der Waals surface area contributed by atoms with Gasteiger partial charge in [0.25, 0.3) is 0 Å². The maximum atomic E-state index is 3.60. The van der Waals surface area contributed by atoms with E-state index in [0.717, 1.165) is 0 Å². The van der Waals surface area contributed by atoms with Crippen LogP contribution in [0.4, 0.5) is 5.69 Å². The van der Waals surface area contributed by atoms with Gasteiger partial charge in [0.05, 0.1) is 0 Å². The van der Waals surface area contributed by atoms with E-state index in [4.69, 9.17) is 0 Å². The topological polar surface area (TPSA) is 12.0 Å². The van der Waals surface area contributed by atoms with Gasteiger partial charge in [0, 0.05) is 11.7 Å². The van der Waals surface area contributed by atoms with Gasteiger partial charge in [-0.3, -0.25) is 0 Å². The summed E-state index contributed by atoms with van der Waals surface area (Å²) in [4.78, 5) is 0. The lowest BCUT2D eigenvalue weighted by atomic mass is 9.66. The molecule has 0 unspecified atom stereocenters. The average molecular weight is 231 g/mol. The summed E-state index contributed by atoms with van der Waals surface area (Å²) >= 11 is 0. The highest BCUT2D eigenvalue weighted by atomic mass is 14.9. The van der Waals surface area contributed by atoms with Crippen molar-refractivity contribution < 1.29 is 0 Å². The number of benzene rings is 1. The Morgan fingerprint density at radius 1 is 1.29 bits per heavy atom. The molecule has 0 spiro atoms. The van der Waals surface area contributed by atoms with Crippen LogP contribution in [0.25, 0.3) is 0 Å². The van der Waals surface area contributed by atoms with Crippen molar-refractivity contribution in [2.75, 3.05) is 5.32 Å². The highest BCUT2D eigenvalue weighted by Crippen LogP contribution is 2.45. The normalized spacial score (nSPS) is 28.4. The Morgan fingerprint density at radius 3 is 2.59 bits per heavy atom. The number of rotatable bonds is 1. The van der Waals surface area contributed by atoms with Crippen molar-refractivity contribution in [3.05, 3.63) is 29.8 Å². The second-order valence-corrected chi connectivity index (χ2v) is 7.09. The second kappa shape index (κ2) is 4.04. The first-order chi connectivity index (χ1) is 7.80. The summed E-state index contributed by atoms with van der Waals surface area (Å²) in [6.07, 6.45) is 2.46. The van der Waals surface area contributed by atoms with Crippen LogP contribution >= 0.6 is 0 Å². The van der Waals surface area contributed by atoms with Crippen LogP contribution in [0.2, 0.25) is 0 Å². The average Bonchev–Trinajstić information content (AvgIpc) is 2.13. The fourth-order valence-corrected chi connectivity index (χ4v) is 3.58. The van der Waals surface area contributed by atoms with Crippen molar-refractivity contribution >= 4 is 5.69 Å². The molecule has 2 atom stereocenters. The van der Waals surface area contributed by atoms with Gasteiger partial charge >= 0.3 is 0 Å². The van der Waals surface area contributed by atoms with Crippen molar-refractivity contribution in [3.8, 4) is 0 Å². The van der Waals surface area contributed by atoms with Crippen LogP contribution in [-0.4, -0.2) is 6.04 Å². The van der Waals surface area contributed by atoms with Crippen LogP contribution in [-0.2, 0) is 5.41 Å². The Balaban J connectivity index is 2.41. The maximum absolute atomic E-state index is 3.60. The third-order valence-electron chi connectivity index (χ3n) is 3.66. The molecule has 0 aliphatic carbocycles. The molecule has 0 fully saturated rings. The van der Waals surface area contributed by atoms with Gasteiger partial charge in [-0.25, -0.2) is 0 Å². The SMILES string of the molecule is C[C@H]1C[C@](C)(CC(C)(C)C)c2ccccc2N1. The lowest BCUT2D eigenvalue weighted by molar-refractivity contribution is 0.244. The summed E-state index contributed by atoms with van der Waals surface area (Å²) in [5.41, 5.74) is 3.50. The molecular formula is C16H25N. The third-order valence-corrected chi connectivity index (χ3v) is 3.66. The van der Waals surface area contributed by atoms with Crippen molar-refractivity contribution in [2.45, 2.75) is 58.9 Å². The van der Waals surface area contributed by atoms with Crippen molar-refractivity contribution in [3.63, 3.8) is 0 Å². The fourth-order valence-electron chi connectivity index (χ4n) is 3.58. The minimum atomic E-state index is 0.305. The van der Waals surface area contributed by atoms with Crippen molar-refractivity contribution in [2.24, 2.45) is 5.41 Å². The fraction of sp³-hybridized carbons (Fsp3) is 0.625. The summed E-state index contributed by atoms with van der Waals surface area (Å²) in [5, 5.41) is 3.60. The first-order valence-corrected chi connectivity index (χ1v) is 6.66. The van der Waals surface area contributed by atoms with Crippen molar-refractivity contribution in [1.82, 2.24) is 0 Å².